The van der Waals surface area contributed by atoms with E-state index in [1.165, 1.54) is 0 Å². The fraction of sp³-hybridized carbons (Fsp3) is 0.448. The van der Waals surface area contributed by atoms with Crippen LogP contribution in [0.25, 0.3) is 11.1 Å². The summed E-state index contributed by atoms with van der Waals surface area (Å²) in [5.74, 6) is -0.131. The molecule has 2 aromatic carbocycles. The molecule has 0 radical (unpaired) electrons. The zero-order chi connectivity index (χ0) is 29.3. The molecule has 11 nitrogen and oxygen atoms in total. The van der Waals surface area contributed by atoms with Crippen molar-refractivity contribution < 1.29 is 28.6 Å². The number of nitrogens with one attached hydrogen (secondary N) is 4. The van der Waals surface area contributed by atoms with Gasteiger partial charge in [-0.15, -0.1) is 0 Å². The van der Waals surface area contributed by atoms with E-state index in [0.29, 0.717) is 13.0 Å². The van der Waals surface area contributed by atoms with Gasteiger partial charge < -0.3 is 14.2 Å². The molecule has 3 rings (SSSR count). The summed E-state index contributed by atoms with van der Waals surface area (Å²) < 4.78 is 15.9. The first-order chi connectivity index (χ1) is 18.8. The SMILES string of the molecule is CC(C)(C)OC(=O)NC(=NCCCNNC(=O)OCC1c2ccccc2-c2ccccc21)NC(=O)OC(C)(C)C. The van der Waals surface area contributed by atoms with Crippen LogP contribution in [0.4, 0.5) is 14.4 Å². The molecule has 0 unspecified atom stereocenters. The van der Waals surface area contributed by atoms with Crippen LogP contribution in [-0.2, 0) is 14.2 Å². The Balaban J connectivity index is 1.44. The Morgan fingerprint density at radius 3 is 1.77 bits per heavy atom. The predicted molar refractivity (Wildman–Crippen MR) is 152 cm³/mol. The maximum Gasteiger partial charge on any atom is 0.421 e. The fourth-order valence-corrected chi connectivity index (χ4v) is 4.04. The minimum Gasteiger partial charge on any atom is -0.448 e. The van der Waals surface area contributed by atoms with Crippen LogP contribution in [-0.4, -0.2) is 55.1 Å². The molecule has 0 aliphatic heterocycles. The Morgan fingerprint density at radius 1 is 0.775 bits per heavy atom. The Labute approximate surface area is 235 Å². The van der Waals surface area contributed by atoms with Crippen molar-refractivity contribution in [1.82, 2.24) is 21.5 Å². The number of ether oxygens (including phenoxy) is 3. The van der Waals surface area contributed by atoms with Crippen LogP contribution < -0.4 is 21.5 Å². The van der Waals surface area contributed by atoms with E-state index >= 15 is 0 Å². The van der Waals surface area contributed by atoms with Gasteiger partial charge in [-0.1, -0.05) is 48.5 Å². The van der Waals surface area contributed by atoms with Gasteiger partial charge in [0.1, 0.15) is 17.8 Å². The number of hydrogen-bond acceptors (Lipinski definition) is 8. The predicted octanol–water partition coefficient (Wildman–Crippen LogP) is 4.83. The van der Waals surface area contributed by atoms with Crippen molar-refractivity contribution in [3.63, 3.8) is 0 Å². The van der Waals surface area contributed by atoms with Gasteiger partial charge in [0.15, 0.2) is 0 Å². The number of carbonyl (C=O) groups excluding carboxylic acids is 3. The molecule has 40 heavy (non-hydrogen) atoms. The maximum atomic E-state index is 12.3. The summed E-state index contributed by atoms with van der Waals surface area (Å²) in [5, 5.41) is 4.85. The number of hydrogen-bond donors (Lipinski definition) is 4. The van der Waals surface area contributed by atoms with Crippen molar-refractivity contribution in [3.8, 4) is 11.1 Å². The fourth-order valence-electron chi connectivity index (χ4n) is 4.04. The molecule has 1 aliphatic rings. The van der Waals surface area contributed by atoms with Gasteiger partial charge in [0.05, 0.1) is 0 Å². The minimum absolute atomic E-state index is 0.0270. The van der Waals surface area contributed by atoms with Crippen LogP contribution in [0.15, 0.2) is 53.5 Å². The summed E-state index contributed by atoms with van der Waals surface area (Å²) in [6, 6.07) is 16.3. The molecule has 0 saturated carbocycles. The van der Waals surface area contributed by atoms with E-state index in [0.717, 1.165) is 22.3 Å². The van der Waals surface area contributed by atoms with Gasteiger partial charge in [-0.05, 0) is 70.2 Å². The number of hydrazine groups is 1. The lowest BCUT2D eigenvalue weighted by atomic mass is 9.98. The number of benzene rings is 2. The van der Waals surface area contributed by atoms with Gasteiger partial charge in [0.2, 0.25) is 5.96 Å². The lowest BCUT2D eigenvalue weighted by Gasteiger charge is -2.22. The lowest BCUT2D eigenvalue weighted by Crippen LogP contribution is -2.47. The first kappa shape index (κ1) is 30.4. The molecule has 3 amide bonds. The second kappa shape index (κ2) is 13.3. The van der Waals surface area contributed by atoms with E-state index in [9.17, 15) is 14.4 Å². The number of aliphatic imine (C=N–C) groups is 1. The van der Waals surface area contributed by atoms with E-state index in [1.807, 2.05) is 24.3 Å². The van der Waals surface area contributed by atoms with E-state index in [-0.39, 0.29) is 25.0 Å². The number of amides is 3. The number of fused-ring (bicyclic) bond motifs is 3. The van der Waals surface area contributed by atoms with Crippen LogP contribution in [0.1, 0.15) is 65.0 Å². The van der Waals surface area contributed by atoms with Crippen LogP contribution in [0, 0.1) is 0 Å². The van der Waals surface area contributed by atoms with Crippen LogP contribution in [0.5, 0.6) is 0 Å². The topological polar surface area (TPSA) is 139 Å². The molecule has 2 aromatic rings. The van der Waals surface area contributed by atoms with Gasteiger partial charge in [-0.2, -0.15) is 0 Å². The molecular weight excluding hydrogens is 514 g/mol. The van der Waals surface area contributed by atoms with E-state index in [4.69, 9.17) is 14.2 Å². The van der Waals surface area contributed by atoms with Crippen molar-refractivity contribution in [2.45, 2.75) is 65.1 Å². The van der Waals surface area contributed by atoms with Gasteiger partial charge >= 0.3 is 18.3 Å². The largest absolute Gasteiger partial charge is 0.448 e. The summed E-state index contributed by atoms with van der Waals surface area (Å²) in [5.41, 5.74) is 8.46. The number of rotatable bonds is 7. The highest BCUT2D eigenvalue weighted by atomic mass is 16.6. The number of nitrogens with zero attached hydrogens (tertiary/aromatic N) is 1. The molecule has 0 aromatic heterocycles. The monoisotopic (exact) mass is 553 g/mol. The van der Waals surface area contributed by atoms with E-state index in [2.05, 4.69) is 50.7 Å². The Kier molecular flexibility index (Phi) is 10.1. The normalized spacial score (nSPS) is 12.4. The van der Waals surface area contributed by atoms with Crippen molar-refractivity contribution >= 4 is 24.2 Å². The quantitative estimate of drug-likeness (QED) is 0.127. The molecule has 0 atom stereocenters. The summed E-state index contributed by atoms with van der Waals surface area (Å²) in [6.07, 6.45) is -1.65. The molecule has 0 fully saturated rings. The number of carbonyl (C=O) groups is 3. The molecule has 11 heteroatoms. The molecule has 0 heterocycles. The van der Waals surface area contributed by atoms with Crippen molar-refractivity contribution in [3.05, 3.63) is 59.7 Å². The van der Waals surface area contributed by atoms with Crippen molar-refractivity contribution in [2.24, 2.45) is 4.99 Å². The average molecular weight is 554 g/mol. The summed E-state index contributed by atoms with van der Waals surface area (Å²) >= 11 is 0. The number of alkyl carbamates (subject to hydrolysis) is 2. The minimum atomic E-state index is -0.766. The molecule has 1 aliphatic carbocycles. The standard InChI is InChI=1S/C29H39N5O6/c1-28(2,3)39-25(35)32-24(33-26(36)40-29(4,5)6)30-16-11-17-31-34-27(37)38-18-23-21-14-9-7-12-19(21)20-13-8-10-15-22(20)23/h7-10,12-15,23,31H,11,16-18H2,1-6H3,(H,34,37)(H2,30,32,33,35,36). The lowest BCUT2D eigenvalue weighted by molar-refractivity contribution is 0.0544. The highest BCUT2D eigenvalue weighted by molar-refractivity contribution is 6.01. The third-order valence-electron chi connectivity index (χ3n) is 5.50. The Bertz CT molecular complexity index is 1150. The first-order valence-electron chi connectivity index (χ1n) is 13.2. The maximum absolute atomic E-state index is 12.3. The van der Waals surface area contributed by atoms with Gasteiger partial charge in [0.25, 0.3) is 0 Å². The molecule has 4 N–H and O–H groups in total. The zero-order valence-corrected chi connectivity index (χ0v) is 23.9. The zero-order valence-electron chi connectivity index (χ0n) is 23.9. The van der Waals surface area contributed by atoms with Crippen LogP contribution >= 0.6 is 0 Å². The van der Waals surface area contributed by atoms with Crippen molar-refractivity contribution in [1.29, 1.82) is 0 Å². The summed E-state index contributed by atoms with van der Waals surface area (Å²) in [6.45, 7) is 11.1. The first-order valence-corrected chi connectivity index (χ1v) is 13.2. The molecule has 216 valence electrons. The molecule has 0 saturated heterocycles. The highest BCUT2D eigenvalue weighted by Gasteiger charge is 2.29. The third kappa shape index (κ3) is 9.57. The summed E-state index contributed by atoms with van der Waals surface area (Å²) in [7, 11) is 0. The van der Waals surface area contributed by atoms with Crippen LogP contribution in [0.2, 0.25) is 0 Å². The smallest absolute Gasteiger partial charge is 0.421 e. The second-order valence-corrected chi connectivity index (χ2v) is 11.2. The Hall–Kier alpha value is -4.12. The van der Waals surface area contributed by atoms with Crippen LogP contribution in [0.3, 0.4) is 0 Å². The molecule has 0 spiro atoms. The van der Waals surface area contributed by atoms with E-state index in [1.54, 1.807) is 41.5 Å². The molecular formula is C29H39N5O6. The van der Waals surface area contributed by atoms with Gasteiger partial charge in [0, 0.05) is 19.0 Å². The average Bonchev–Trinajstić information content (AvgIpc) is 3.16. The van der Waals surface area contributed by atoms with E-state index < -0.39 is 29.5 Å². The van der Waals surface area contributed by atoms with Crippen molar-refractivity contribution in [2.75, 3.05) is 19.7 Å². The van der Waals surface area contributed by atoms with Gasteiger partial charge in [-0.3, -0.25) is 21.1 Å². The number of guanidine groups is 1. The highest BCUT2D eigenvalue weighted by Crippen LogP contribution is 2.44. The summed E-state index contributed by atoms with van der Waals surface area (Å²) in [4.78, 5) is 40.8. The second-order valence-electron chi connectivity index (χ2n) is 11.2. The Morgan fingerprint density at radius 2 is 1.27 bits per heavy atom. The third-order valence-corrected chi connectivity index (χ3v) is 5.50. The molecule has 0 bridgehead atoms. The van der Waals surface area contributed by atoms with Gasteiger partial charge in [-0.25, -0.2) is 19.8 Å².